The molecule has 0 aliphatic carbocycles. The molecular formula is C17H27N3O2. The molecule has 1 aliphatic rings. The van der Waals surface area contributed by atoms with Crippen LogP contribution in [0.2, 0.25) is 0 Å². The minimum absolute atomic E-state index is 0.175. The predicted octanol–water partition coefficient (Wildman–Crippen LogP) is 3.47. The van der Waals surface area contributed by atoms with Crippen molar-refractivity contribution >= 4 is 6.02 Å². The van der Waals surface area contributed by atoms with E-state index in [-0.39, 0.29) is 23.1 Å². The number of nitrogens with two attached hydrogens (primary N) is 1. The van der Waals surface area contributed by atoms with Crippen molar-refractivity contribution < 1.29 is 9.57 Å². The highest BCUT2D eigenvalue weighted by atomic mass is 16.7. The van der Waals surface area contributed by atoms with Crippen molar-refractivity contribution in [3.05, 3.63) is 29.8 Å². The maximum absolute atomic E-state index is 5.83. The van der Waals surface area contributed by atoms with E-state index in [9.17, 15) is 0 Å². The average Bonchev–Trinajstić information content (AvgIpc) is 2.79. The van der Waals surface area contributed by atoms with E-state index in [1.807, 2.05) is 29.3 Å². The largest absolute Gasteiger partial charge is 0.497 e. The van der Waals surface area contributed by atoms with Crippen molar-refractivity contribution in [1.29, 1.82) is 0 Å². The molecule has 0 amide bonds. The number of hydroxylamine groups is 2. The predicted molar refractivity (Wildman–Crippen MR) is 88.4 cm³/mol. The van der Waals surface area contributed by atoms with Crippen LogP contribution in [0.3, 0.4) is 0 Å². The molecule has 0 saturated heterocycles. The van der Waals surface area contributed by atoms with Gasteiger partial charge in [-0.15, -0.1) is 5.06 Å². The zero-order valence-corrected chi connectivity index (χ0v) is 14.4. The number of ether oxygens (including phenoxy) is 1. The molecule has 1 atom stereocenters. The van der Waals surface area contributed by atoms with Crippen LogP contribution < -0.4 is 10.5 Å². The van der Waals surface area contributed by atoms with E-state index in [2.05, 4.69) is 39.6 Å². The Labute approximate surface area is 133 Å². The highest BCUT2D eigenvalue weighted by Gasteiger charge is 2.42. The lowest BCUT2D eigenvalue weighted by Gasteiger charge is -2.40. The fraction of sp³-hybridized carbons (Fsp3) is 0.588. The summed E-state index contributed by atoms with van der Waals surface area (Å²) in [5, 5.41) is 1.90. The van der Waals surface area contributed by atoms with Gasteiger partial charge in [0.05, 0.1) is 12.6 Å². The molecule has 5 nitrogen and oxygen atoms in total. The van der Waals surface area contributed by atoms with Gasteiger partial charge in [-0.2, -0.15) is 0 Å². The zero-order chi connectivity index (χ0) is 16.5. The van der Waals surface area contributed by atoms with E-state index in [1.165, 1.54) is 0 Å². The van der Waals surface area contributed by atoms with Crippen molar-refractivity contribution in [3.63, 3.8) is 0 Å². The van der Waals surface area contributed by atoms with Crippen LogP contribution in [0.1, 0.15) is 52.8 Å². The van der Waals surface area contributed by atoms with Crippen LogP contribution >= 0.6 is 0 Å². The number of amidine groups is 1. The van der Waals surface area contributed by atoms with E-state index in [0.29, 0.717) is 0 Å². The summed E-state index contributed by atoms with van der Waals surface area (Å²) in [4.78, 5) is 10.2. The molecule has 0 fully saturated rings. The van der Waals surface area contributed by atoms with Gasteiger partial charge in [0.2, 0.25) is 0 Å². The fourth-order valence-corrected chi connectivity index (χ4v) is 3.16. The Morgan fingerprint density at radius 2 is 1.77 bits per heavy atom. The van der Waals surface area contributed by atoms with Crippen molar-refractivity contribution in [2.24, 2.45) is 16.1 Å². The van der Waals surface area contributed by atoms with Crippen LogP contribution in [0.25, 0.3) is 0 Å². The number of aliphatic imine (C=N–C) groups is 1. The second-order valence-corrected chi connectivity index (χ2v) is 7.58. The van der Waals surface area contributed by atoms with Crippen molar-refractivity contribution in [3.8, 4) is 5.75 Å². The fourth-order valence-electron chi connectivity index (χ4n) is 3.16. The number of benzene rings is 1. The topological polar surface area (TPSA) is 60.1 Å². The van der Waals surface area contributed by atoms with Crippen LogP contribution in [-0.4, -0.2) is 23.7 Å². The van der Waals surface area contributed by atoms with E-state index in [0.717, 1.165) is 17.7 Å². The van der Waals surface area contributed by atoms with Gasteiger partial charge in [-0.1, -0.05) is 32.9 Å². The molecule has 5 heteroatoms. The Morgan fingerprint density at radius 3 is 2.27 bits per heavy atom. The van der Waals surface area contributed by atoms with Gasteiger partial charge < -0.3 is 15.3 Å². The first-order valence-electron chi connectivity index (χ1n) is 7.57. The Balaban J connectivity index is 2.27. The molecule has 0 aromatic heterocycles. The van der Waals surface area contributed by atoms with Gasteiger partial charge >= 0.3 is 6.02 Å². The minimum atomic E-state index is -0.233. The number of hydrogen-bond acceptors (Lipinski definition) is 5. The third-order valence-corrected chi connectivity index (χ3v) is 3.64. The molecule has 0 saturated carbocycles. The summed E-state index contributed by atoms with van der Waals surface area (Å²) < 4.78 is 5.21. The van der Waals surface area contributed by atoms with Gasteiger partial charge in [-0.3, -0.25) is 0 Å². The van der Waals surface area contributed by atoms with Gasteiger partial charge in [-0.05, 0) is 43.4 Å². The second-order valence-electron chi connectivity index (χ2n) is 7.58. The summed E-state index contributed by atoms with van der Waals surface area (Å²) in [6, 6.07) is 8.05. The summed E-state index contributed by atoms with van der Waals surface area (Å²) in [7, 11) is 1.66. The van der Waals surface area contributed by atoms with E-state index in [4.69, 9.17) is 15.3 Å². The van der Waals surface area contributed by atoms with Gasteiger partial charge in [0, 0.05) is 0 Å². The molecule has 0 radical (unpaired) electrons. The lowest BCUT2D eigenvalue weighted by Crippen LogP contribution is -2.46. The van der Waals surface area contributed by atoms with Crippen LogP contribution in [0.4, 0.5) is 0 Å². The van der Waals surface area contributed by atoms with Crippen molar-refractivity contribution in [1.82, 2.24) is 5.06 Å². The Bertz CT molecular complexity index is 544. The molecule has 1 aromatic carbocycles. The molecule has 0 spiro atoms. The smallest absolute Gasteiger partial charge is 0.304 e. The maximum Gasteiger partial charge on any atom is 0.304 e. The highest BCUT2D eigenvalue weighted by Crippen LogP contribution is 2.39. The molecule has 2 rings (SSSR count). The summed E-state index contributed by atoms with van der Waals surface area (Å²) >= 11 is 0. The van der Waals surface area contributed by atoms with Crippen LogP contribution in [0.5, 0.6) is 5.75 Å². The van der Waals surface area contributed by atoms with Crippen LogP contribution in [0, 0.1) is 5.41 Å². The summed E-state index contributed by atoms with van der Waals surface area (Å²) in [6.45, 7) is 11.0. The molecule has 1 unspecified atom stereocenters. The van der Waals surface area contributed by atoms with Gasteiger partial charge in [0.15, 0.2) is 6.17 Å². The third-order valence-electron chi connectivity index (χ3n) is 3.64. The monoisotopic (exact) mass is 305 g/mol. The van der Waals surface area contributed by atoms with Gasteiger partial charge in [0.1, 0.15) is 5.75 Å². The minimum Gasteiger partial charge on any atom is -0.497 e. The zero-order valence-electron chi connectivity index (χ0n) is 14.4. The average molecular weight is 305 g/mol. The molecule has 22 heavy (non-hydrogen) atoms. The summed E-state index contributed by atoms with van der Waals surface area (Å²) in [5.74, 6) is 0.820. The molecule has 1 aromatic rings. The van der Waals surface area contributed by atoms with Gasteiger partial charge in [-0.25, -0.2) is 4.99 Å². The third kappa shape index (κ3) is 3.71. The quantitative estimate of drug-likeness (QED) is 0.925. The highest BCUT2D eigenvalue weighted by molar-refractivity contribution is 5.72. The normalized spacial score (nSPS) is 19.7. The molecule has 1 aliphatic heterocycles. The Hall–Kier alpha value is -1.75. The lowest BCUT2D eigenvalue weighted by molar-refractivity contribution is -0.168. The Kier molecular flexibility index (Phi) is 4.38. The molecule has 122 valence electrons. The maximum atomic E-state index is 5.83. The lowest BCUT2D eigenvalue weighted by atomic mass is 9.81. The number of methoxy groups -OCH3 is 1. The van der Waals surface area contributed by atoms with Crippen LogP contribution in [-0.2, 0) is 4.84 Å². The van der Waals surface area contributed by atoms with Crippen molar-refractivity contribution in [2.75, 3.05) is 7.11 Å². The molecule has 0 bridgehead atoms. The standard InChI is InChI=1S/C17H27N3O2/c1-16(2,3)11-17(4,5)20-14(19-15(18)22-20)12-7-9-13(21-6)10-8-12/h7-10,14H,11H2,1-6H3,(H2,18,19). The first-order chi connectivity index (χ1) is 10.1. The van der Waals surface area contributed by atoms with E-state index >= 15 is 0 Å². The Morgan fingerprint density at radius 1 is 1.18 bits per heavy atom. The number of nitrogens with zero attached hydrogens (tertiary/aromatic N) is 2. The first kappa shape index (κ1) is 16.6. The molecular weight excluding hydrogens is 278 g/mol. The van der Waals surface area contributed by atoms with E-state index in [1.54, 1.807) is 7.11 Å². The summed E-state index contributed by atoms with van der Waals surface area (Å²) in [5.41, 5.74) is 6.84. The number of rotatable bonds is 4. The molecule has 1 heterocycles. The second kappa shape index (κ2) is 5.80. The summed E-state index contributed by atoms with van der Waals surface area (Å²) in [6.07, 6.45) is 0.721. The first-order valence-corrected chi connectivity index (χ1v) is 7.57. The van der Waals surface area contributed by atoms with Crippen molar-refractivity contribution in [2.45, 2.75) is 52.7 Å². The number of hydrogen-bond donors (Lipinski definition) is 1. The van der Waals surface area contributed by atoms with Gasteiger partial charge in [0.25, 0.3) is 0 Å². The SMILES string of the molecule is COc1ccc(C2N=C(N)ON2C(C)(C)CC(C)(C)C)cc1. The van der Waals surface area contributed by atoms with Crippen LogP contribution in [0.15, 0.2) is 29.3 Å². The van der Waals surface area contributed by atoms with E-state index < -0.39 is 0 Å². The molecule has 2 N–H and O–H groups in total.